The Bertz CT molecular complexity index is 1070. The lowest BCUT2D eigenvalue weighted by Crippen LogP contribution is -2.21. The van der Waals surface area contributed by atoms with Gasteiger partial charge in [0.1, 0.15) is 22.7 Å². The summed E-state index contributed by atoms with van der Waals surface area (Å²) in [7, 11) is 1.98. The fraction of sp³-hybridized carbons (Fsp3) is 0.222. The Morgan fingerprint density at radius 1 is 1.21 bits per heavy atom. The molecule has 6 heteroatoms. The predicted octanol–water partition coefficient (Wildman–Crippen LogP) is 3.20. The molecule has 1 aromatic carbocycles. The van der Waals surface area contributed by atoms with Crippen LogP contribution in [-0.2, 0) is 13.1 Å². The SMILES string of the molecule is Cc1occc1CN(C)Cc1nc2c(oc3ccccc32)c(=O)[nH]1. The number of aromatic amines is 1. The highest BCUT2D eigenvalue weighted by Crippen LogP contribution is 2.24. The molecular weight excluding hydrogens is 306 g/mol. The second kappa shape index (κ2) is 5.65. The molecule has 0 saturated carbocycles. The maximum atomic E-state index is 12.3. The van der Waals surface area contributed by atoms with E-state index < -0.39 is 0 Å². The molecule has 3 heterocycles. The summed E-state index contributed by atoms with van der Waals surface area (Å²) < 4.78 is 10.9. The minimum Gasteiger partial charge on any atom is -0.469 e. The van der Waals surface area contributed by atoms with Crippen LogP contribution in [0.1, 0.15) is 17.1 Å². The molecule has 1 N–H and O–H groups in total. The van der Waals surface area contributed by atoms with Gasteiger partial charge in [0, 0.05) is 17.5 Å². The summed E-state index contributed by atoms with van der Waals surface area (Å²) in [6.45, 7) is 3.18. The molecule has 0 spiro atoms. The third-order valence-electron chi connectivity index (χ3n) is 4.11. The lowest BCUT2D eigenvalue weighted by atomic mass is 10.2. The number of H-pyrrole nitrogens is 1. The van der Waals surface area contributed by atoms with Crippen LogP contribution < -0.4 is 5.56 Å². The fourth-order valence-electron chi connectivity index (χ4n) is 2.90. The summed E-state index contributed by atoms with van der Waals surface area (Å²) in [5, 5.41) is 0.855. The molecule has 0 saturated heterocycles. The number of benzene rings is 1. The van der Waals surface area contributed by atoms with Gasteiger partial charge in [0.15, 0.2) is 0 Å². The van der Waals surface area contributed by atoms with Crippen LogP contribution in [0.15, 0.2) is 50.2 Å². The first kappa shape index (κ1) is 14.7. The van der Waals surface area contributed by atoms with Crippen molar-refractivity contribution < 1.29 is 8.83 Å². The van der Waals surface area contributed by atoms with Gasteiger partial charge in [-0.3, -0.25) is 9.69 Å². The zero-order valence-corrected chi connectivity index (χ0v) is 13.5. The van der Waals surface area contributed by atoms with Gasteiger partial charge in [0.05, 0.1) is 12.8 Å². The summed E-state index contributed by atoms with van der Waals surface area (Å²) in [5.74, 6) is 1.52. The van der Waals surface area contributed by atoms with Crippen molar-refractivity contribution in [2.75, 3.05) is 7.05 Å². The largest absolute Gasteiger partial charge is 0.469 e. The summed E-state index contributed by atoms with van der Waals surface area (Å²) in [6.07, 6.45) is 1.68. The quantitative estimate of drug-likeness (QED) is 0.624. The first-order chi connectivity index (χ1) is 11.6. The van der Waals surface area contributed by atoms with Crippen molar-refractivity contribution in [1.29, 1.82) is 0 Å². The molecule has 0 amide bonds. The van der Waals surface area contributed by atoms with Crippen molar-refractivity contribution in [3.63, 3.8) is 0 Å². The average molecular weight is 323 g/mol. The van der Waals surface area contributed by atoms with Gasteiger partial charge < -0.3 is 13.8 Å². The van der Waals surface area contributed by atoms with Gasteiger partial charge in [-0.1, -0.05) is 12.1 Å². The summed E-state index contributed by atoms with van der Waals surface area (Å²) in [6, 6.07) is 9.49. The highest BCUT2D eigenvalue weighted by molar-refractivity contribution is 6.01. The monoisotopic (exact) mass is 323 g/mol. The van der Waals surface area contributed by atoms with Crippen molar-refractivity contribution in [2.45, 2.75) is 20.0 Å². The Kier molecular flexibility index (Phi) is 3.46. The van der Waals surface area contributed by atoms with Crippen molar-refractivity contribution >= 4 is 22.1 Å². The molecule has 0 unspecified atom stereocenters. The van der Waals surface area contributed by atoms with E-state index in [0.29, 0.717) is 23.5 Å². The molecule has 0 bridgehead atoms. The molecule has 0 radical (unpaired) electrons. The van der Waals surface area contributed by atoms with E-state index in [1.807, 2.05) is 44.3 Å². The Balaban J connectivity index is 1.68. The van der Waals surface area contributed by atoms with E-state index in [-0.39, 0.29) is 11.1 Å². The maximum absolute atomic E-state index is 12.3. The van der Waals surface area contributed by atoms with Gasteiger partial charge in [-0.2, -0.15) is 0 Å². The summed E-state index contributed by atoms with van der Waals surface area (Å²) in [5.41, 5.74) is 2.42. The van der Waals surface area contributed by atoms with Gasteiger partial charge in [-0.25, -0.2) is 4.98 Å². The van der Waals surface area contributed by atoms with E-state index in [9.17, 15) is 4.79 Å². The Labute approximate surface area is 137 Å². The lowest BCUT2D eigenvalue weighted by Gasteiger charge is -2.15. The Morgan fingerprint density at radius 3 is 2.83 bits per heavy atom. The van der Waals surface area contributed by atoms with Crippen LogP contribution in [0.2, 0.25) is 0 Å². The average Bonchev–Trinajstić information content (AvgIpc) is 3.12. The smallest absolute Gasteiger partial charge is 0.294 e. The Morgan fingerprint density at radius 2 is 2.04 bits per heavy atom. The molecule has 0 atom stereocenters. The van der Waals surface area contributed by atoms with Crippen molar-refractivity contribution in [3.8, 4) is 0 Å². The molecule has 0 aliphatic carbocycles. The minimum atomic E-state index is -0.251. The number of hydrogen-bond acceptors (Lipinski definition) is 5. The van der Waals surface area contributed by atoms with Crippen LogP contribution in [0.3, 0.4) is 0 Å². The second-order valence-corrected chi connectivity index (χ2v) is 5.96. The number of nitrogens with zero attached hydrogens (tertiary/aromatic N) is 2. The summed E-state index contributed by atoms with van der Waals surface area (Å²) in [4.78, 5) is 21.8. The van der Waals surface area contributed by atoms with Crippen LogP contribution in [0, 0.1) is 6.92 Å². The van der Waals surface area contributed by atoms with E-state index in [2.05, 4.69) is 14.9 Å². The number of fused-ring (bicyclic) bond motifs is 3. The maximum Gasteiger partial charge on any atom is 0.294 e. The van der Waals surface area contributed by atoms with Crippen LogP contribution in [-0.4, -0.2) is 21.9 Å². The van der Waals surface area contributed by atoms with Gasteiger partial charge >= 0.3 is 0 Å². The summed E-state index contributed by atoms with van der Waals surface area (Å²) >= 11 is 0. The van der Waals surface area contributed by atoms with E-state index in [1.54, 1.807) is 6.26 Å². The second-order valence-electron chi connectivity index (χ2n) is 5.96. The highest BCUT2D eigenvalue weighted by atomic mass is 16.3. The Hall–Kier alpha value is -2.86. The van der Waals surface area contributed by atoms with Crippen LogP contribution in [0.4, 0.5) is 0 Å². The van der Waals surface area contributed by atoms with Crippen LogP contribution in [0.25, 0.3) is 22.1 Å². The number of aryl methyl sites for hydroxylation is 1. The highest BCUT2D eigenvalue weighted by Gasteiger charge is 2.14. The van der Waals surface area contributed by atoms with Gasteiger partial charge in [-0.15, -0.1) is 0 Å². The topological polar surface area (TPSA) is 75.3 Å². The molecule has 24 heavy (non-hydrogen) atoms. The number of rotatable bonds is 4. The molecular formula is C18H17N3O3. The molecule has 0 fully saturated rings. The van der Waals surface area contributed by atoms with Gasteiger partial charge in [0.2, 0.25) is 5.58 Å². The zero-order valence-electron chi connectivity index (χ0n) is 13.5. The van der Waals surface area contributed by atoms with Gasteiger partial charge in [0.25, 0.3) is 5.56 Å². The normalized spacial score (nSPS) is 11.8. The number of hydrogen-bond donors (Lipinski definition) is 1. The lowest BCUT2D eigenvalue weighted by molar-refractivity contribution is 0.308. The van der Waals surface area contributed by atoms with Crippen molar-refractivity contribution in [2.24, 2.45) is 0 Å². The first-order valence-electron chi connectivity index (χ1n) is 7.74. The van der Waals surface area contributed by atoms with Gasteiger partial charge in [-0.05, 0) is 32.2 Å². The first-order valence-corrected chi connectivity index (χ1v) is 7.74. The number of aromatic nitrogens is 2. The molecule has 0 aliphatic rings. The number of para-hydroxylation sites is 1. The molecule has 6 nitrogen and oxygen atoms in total. The minimum absolute atomic E-state index is 0.251. The van der Waals surface area contributed by atoms with Crippen molar-refractivity contribution in [1.82, 2.24) is 14.9 Å². The van der Waals surface area contributed by atoms with Crippen LogP contribution >= 0.6 is 0 Å². The van der Waals surface area contributed by atoms with E-state index in [0.717, 1.165) is 23.3 Å². The molecule has 4 aromatic rings. The fourth-order valence-corrected chi connectivity index (χ4v) is 2.90. The number of nitrogens with one attached hydrogen (secondary N) is 1. The van der Waals surface area contributed by atoms with E-state index in [1.165, 1.54) is 0 Å². The third kappa shape index (κ3) is 2.51. The van der Waals surface area contributed by atoms with Crippen LogP contribution in [0.5, 0.6) is 0 Å². The molecule has 4 rings (SSSR count). The van der Waals surface area contributed by atoms with E-state index >= 15 is 0 Å². The van der Waals surface area contributed by atoms with E-state index in [4.69, 9.17) is 8.83 Å². The van der Waals surface area contributed by atoms with Crippen molar-refractivity contribution in [3.05, 3.63) is 64.1 Å². The predicted molar refractivity (Wildman–Crippen MR) is 90.8 cm³/mol. The third-order valence-corrected chi connectivity index (χ3v) is 4.11. The zero-order chi connectivity index (χ0) is 16.7. The molecule has 3 aromatic heterocycles. The molecule has 0 aliphatic heterocycles. The molecule has 122 valence electrons. The number of furan rings is 2. The standard InChI is InChI=1S/C18H17N3O3/c1-11-12(7-8-23-11)9-21(2)10-15-19-16-13-5-3-4-6-14(13)24-17(16)18(22)20-15/h3-8H,9-10H2,1-2H3,(H,19,20,22).